The lowest BCUT2D eigenvalue weighted by Crippen LogP contribution is -2.37. The molecule has 0 saturated carbocycles. The fourth-order valence-corrected chi connectivity index (χ4v) is 5.48. The molecule has 0 spiro atoms. The van der Waals surface area contributed by atoms with E-state index in [1.807, 2.05) is 0 Å². The highest BCUT2D eigenvalue weighted by Gasteiger charge is 2.27. The van der Waals surface area contributed by atoms with Gasteiger partial charge in [0.1, 0.15) is 16.5 Å². The zero-order valence-electron chi connectivity index (χ0n) is 17.0. The number of hydrogen-bond donors (Lipinski definition) is 1. The molecule has 0 bridgehead atoms. The molecule has 0 radical (unpaired) electrons. The second kappa shape index (κ2) is 8.24. The number of nitrogens with one attached hydrogen (secondary N) is 1. The van der Waals surface area contributed by atoms with E-state index < -0.39 is 22.9 Å². The van der Waals surface area contributed by atoms with Crippen LogP contribution in [0.5, 0.6) is 0 Å². The summed E-state index contributed by atoms with van der Waals surface area (Å²) in [6, 6.07) is 9.43. The lowest BCUT2D eigenvalue weighted by Gasteiger charge is -2.27. The number of H-pyrrole nitrogens is 1. The van der Waals surface area contributed by atoms with Crippen molar-refractivity contribution in [3.8, 4) is 5.69 Å². The van der Waals surface area contributed by atoms with Crippen molar-refractivity contribution in [1.82, 2.24) is 14.5 Å². The van der Waals surface area contributed by atoms with E-state index in [-0.39, 0.29) is 24.4 Å². The summed E-state index contributed by atoms with van der Waals surface area (Å²) in [6.45, 7) is 0.614. The summed E-state index contributed by atoms with van der Waals surface area (Å²) in [7, 11) is 0. The predicted molar refractivity (Wildman–Crippen MR) is 122 cm³/mol. The molecule has 3 heterocycles. The molecule has 0 fully saturated rings. The number of carbonyl (C=O) groups excluding carboxylic acids is 1. The fourth-order valence-electron chi connectivity index (χ4n) is 4.11. The second-order valence-electron chi connectivity index (χ2n) is 7.77. The first-order valence-corrected chi connectivity index (χ1v) is 11.3. The normalized spacial score (nSPS) is 13.4. The largest absolute Gasteiger partial charge is 0.337 e. The average molecular weight is 488 g/mol. The number of benzene rings is 2. The van der Waals surface area contributed by atoms with E-state index >= 15 is 0 Å². The number of fused-ring (bicyclic) bond motifs is 3. The highest BCUT2D eigenvalue weighted by atomic mass is 35.5. The molecule has 1 amide bonds. The Hall–Kier alpha value is -3.30. The Morgan fingerprint density at radius 1 is 1.09 bits per heavy atom. The molecule has 1 aliphatic rings. The maximum atomic E-state index is 13.5. The van der Waals surface area contributed by atoms with Crippen molar-refractivity contribution < 1.29 is 13.6 Å². The van der Waals surface area contributed by atoms with Gasteiger partial charge in [-0.25, -0.2) is 18.1 Å². The Bertz CT molecular complexity index is 1500. The van der Waals surface area contributed by atoms with E-state index in [0.29, 0.717) is 33.9 Å². The summed E-state index contributed by atoms with van der Waals surface area (Å²) in [5.41, 5.74) is 0.482. The zero-order chi connectivity index (χ0) is 23.3. The third-order valence-corrected chi connectivity index (χ3v) is 7.00. The van der Waals surface area contributed by atoms with E-state index in [0.717, 1.165) is 33.2 Å². The van der Waals surface area contributed by atoms with Gasteiger partial charge in [-0.15, -0.1) is 11.3 Å². The summed E-state index contributed by atoms with van der Waals surface area (Å²) < 4.78 is 28.0. The molecule has 5 rings (SSSR count). The summed E-state index contributed by atoms with van der Waals surface area (Å²) >= 11 is 7.18. The number of halogens is 3. The first kappa shape index (κ1) is 21.5. The van der Waals surface area contributed by atoms with Crippen molar-refractivity contribution in [3.63, 3.8) is 0 Å². The van der Waals surface area contributed by atoms with Crippen molar-refractivity contribution in [2.45, 2.75) is 19.4 Å². The van der Waals surface area contributed by atoms with Crippen LogP contribution in [0.4, 0.5) is 8.78 Å². The highest BCUT2D eigenvalue weighted by molar-refractivity contribution is 7.18. The summed E-state index contributed by atoms with van der Waals surface area (Å²) in [6.07, 6.45) is 0.301. The summed E-state index contributed by atoms with van der Waals surface area (Å²) in [5, 5.41) is 0.923. The van der Waals surface area contributed by atoms with Crippen molar-refractivity contribution >= 4 is 39.1 Å². The van der Waals surface area contributed by atoms with Crippen LogP contribution in [0.15, 0.2) is 52.1 Å². The molecule has 1 N–H and O–H groups in total. The van der Waals surface area contributed by atoms with Gasteiger partial charge in [0.15, 0.2) is 0 Å². The molecule has 1 aliphatic heterocycles. The molecule has 33 heavy (non-hydrogen) atoms. The Morgan fingerprint density at radius 3 is 2.48 bits per heavy atom. The van der Waals surface area contributed by atoms with E-state index in [1.165, 1.54) is 11.3 Å². The topological polar surface area (TPSA) is 75.2 Å². The Balaban J connectivity index is 1.48. The van der Waals surface area contributed by atoms with Gasteiger partial charge in [-0.1, -0.05) is 11.6 Å². The Morgan fingerprint density at radius 2 is 1.79 bits per heavy atom. The van der Waals surface area contributed by atoms with Crippen LogP contribution in [0.25, 0.3) is 15.9 Å². The second-order valence-corrected chi connectivity index (χ2v) is 9.32. The molecule has 0 unspecified atom stereocenters. The summed E-state index contributed by atoms with van der Waals surface area (Å²) in [5.74, 6) is -1.73. The first-order chi connectivity index (χ1) is 15.8. The average Bonchev–Trinajstić information content (AvgIpc) is 3.11. The molecule has 0 saturated heterocycles. The van der Waals surface area contributed by atoms with Crippen molar-refractivity contribution in [1.29, 1.82) is 0 Å². The van der Waals surface area contributed by atoms with Gasteiger partial charge in [-0.2, -0.15) is 0 Å². The van der Waals surface area contributed by atoms with E-state index in [2.05, 4.69) is 4.98 Å². The van der Waals surface area contributed by atoms with Gasteiger partial charge in [0.25, 0.3) is 5.56 Å². The predicted octanol–water partition coefficient (Wildman–Crippen LogP) is 3.80. The van der Waals surface area contributed by atoms with Crippen LogP contribution in [-0.2, 0) is 24.2 Å². The van der Waals surface area contributed by atoms with Gasteiger partial charge in [0.05, 0.1) is 24.0 Å². The van der Waals surface area contributed by atoms with E-state index in [4.69, 9.17) is 11.6 Å². The van der Waals surface area contributed by atoms with Gasteiger partial charge in [-0.3, -0.25) is 14.6 Å². The van der Waals surface area contributed by atoms with Crippen LogP contribution in [-0.4, -0.2) is 26.9 Å². The van der Waals surface area contributed by atoms with Crippen LogP contribution in [0.1, 0.15) is 16.0 Å². The Kier molecular flexibility index (Phi) is 5.38. The number of amides is 1. The SMILES string of the molecule is O=C(Cc1cc(F)cc(F)c1)N1CCc2c(sc3[nH]c(=O)n(-c4ccc(Cl)cc4)c(=O)c23)C1. The van der Waals surface area contributed by atoms with Crippen molar-refractivity contribution in [3.05, 3.63) is 96.0 Å². The minimum Gasteiger partial charge on any atom is -0.337 e. The van der Waals surface area contributed by atoms with Crippen LogP contribution in [0.3, 0.4) is 0 Å². The first-order valence-electron chi connectivity index (χ1n) is 10.1. The number of aromatic nitrogens is 2. The molecule has 168 valence electrons. The number of aromatic amines is 1. The smallest absolute Gasteiger partial charge is 0.334 e. The number of thiophene rings is 1. The number of carbonyl (C=O) groups is 1. The molecule has 0 atom stereocenters. The van der Waals surface area contributed by atoms with E-state index in [1.54, 1.807) is 29.2 Å². The summed E-state index contributed by atoms with van der Waals surface area (Å²) in [4.78, 5) is 44.3. The fraction of sp³-hybridized carbons (Fsp3) is 0.174. The third-order valence-electron chi connectivity index (χ3n) is 5.61. The number of rotatable bonds is 3. The van der Waals surface area contributed by atoms with Gasteiger partial charge in [-0.05, 0) is 53.9 Å². The molecule has 4 aromatic rings. The third kappa shape index (κ3) is 3.98. The molecule has 10 heteroatoms. The molecule has 2 aromatic carbocycles. The molecular formula is C23H16ClF2N3O3S. The monoisotopic (exact) mass is 487 g/mol. The lowest BCUT2D eigenvalue weighted by molar-refractivity contribution is -0.131. The van der Waals surface area contributed by atoms with Gasteiger partial charge in [0, 0.05) is 22.5 Å². The van der Waals surface area contributed by atoms with Crippen molar-refractivity contribution in [2.24, 2.45) is 0 Å². The lowest BCUT2D eigenvalue weighted by atomic mass is 10.0. The van der Waals surface area contributed by atoms with Crippen LogP contribution >= 0.6 is 22.9 Å². The van der Waals surface area contributed by atoms with Gasteiger partial charge < -0.3 is 4.90 Å². The van der Waals surface area contributed by atoms with Crippen molar-refractivity contribution in [2.75, 3.05) is 6.54 Å². The molecule has 2 aromatic heterocycles. The molecule has 6 nitrogen and oxygen atoms in total. The van der Waals surface area contributed by atoms with Gasteiger partial charge in [0.2, 0.25) is 5.91 Å². The minimum absolute atomic E-state index is 0.130. The zero-order valence-corrected chi connectivity index (χ0v) is 18.6. The maximum absolute atomic E-state index is 13.5. The van der Waals surface area contributed by atoms with E-state index in [9.17, 15) is 23.2 Å². The molecule has 0 aliphatic carbocycles. The van der Waals surface area contributed by atoms with Gasteiger partial charge >= 0.3 is 5.69 Å². The molecular weight excluding hydrogens is 472 g/mol. The van der Waals surface area contributed by atoms with Crippen LogP contribution < -0.4 is 11.2 Å². The van der Waals surface area contributed by atoms with Crippen LogP contribution in [0, 0.1) is 11.6 Å². The standard InChI is InChI=1S/C23H16ClF2N3O3S/c24-13-1-3-16(4-2-13)29-22(31)20-17-5-6-28(11-18(17)33-21(20)27-23(29)32)19(30)9-12-7-14(25)10-15(26)8-12/h1-4,7-8,10H,5-6,9,11H2,(H,27,32). The number of hydrogen-bond acceptors (Lipinski definition) is 4. The minimum atomic E-state index is -0.732. The van der Waals surface area contributed by atoms with Crippen LogP contribution in [0.2, 0.25) is 5.02 Å². The maximum Gasteiger partial charge on any atom is 0.334 e. The highest BCUT2D eigenvalue weighted by Crippen LogP contribution is 2.32. The quantitative estimate of drug-likeness (QED) is 0.477. The number of nitrogens with zero attached hydrogens (tertiary/aromatic N) is 2. The Labute approximate surface area is 194 Å².